The van der Waals surface area contributed by atoms with Gasteiger partial charge in [-0.1, -0.05) is 0 Å². The Balaban J connectivity index is 0.000000845. The zero-order valence-corrected chi connectivity index (χ0v) is 9.74. The molecular formula is C8H19Cl2N3O. The van der Waals surface area contributed by atoms with Crippen LogP contribution in [0.1, 0.15) is 0 Å². The van der Waals surface area contributed by atoms with E-state index in [1.165, 1.54) is 0 Å². The number of nitrogens with one attached hydrogen (secondary N) is 2. The molecule has 0 aromatic heterocycles. The third-order valence-corrected chi connectivity index (χ3v) is 2.77. The number of hydrogen-bond acceptors (Lipinski definition) is 4. The molecular weight excluding hydrogens is 225 g/mol. The van der Waals surface area contributed by atoms with Gasteiger partial charge in [-0.05, 0) is 0 Å². The first-order valence-electron chi connectivity index (χ1n) is 4.71. The molecule has 3 N–H and O–H groups in total. The summed E-state index contributed by atoms with van der Waals surface area (Å²) in [5.41, 5.74) is 0. The summed E-state index contributed by atoms with van der Waals surface area (Å²) < 4.78 is 0. The molecule has 2 aliphatic heterocycles. The van der Waals surface area contributed by atoms with Gasteiger partial charge in [-0.3, -0.25) is 4.90 Å². The van der Waals surface area contributed by atoms with Crippen molar-refractivity contribution in [2.24, 2.45) is 0 Å². The Hall–Kier alpha value is 0.420. The van der Waals surface area contributed by atoms with Gasteiger partial charge >= 0.3 is 0 Å². The summed E-state index contributed by atoms with van der Waals surface area (Å²) in [4.78, 5) is 2.38. The third kappa shape index (κ3) is 3.22. The number of β-amino-alcohol motifs (C(OH)–C–C–N with tert-alkyl or cyclic N) is 1. The Labute approximate surface area is 97.2 Å². The molecule has 6 heteroatoms. The lowest BCUT2D eigenvalue weighted by Gasteiger charge is -2.33. The highest BCUT2D eigenvalue weighted by Crippen LogP contribution is 2.09. The van der Waals surface area contributed by atoms with E-state index in [9.17, 15) is 5.11 Å². The molecule has 2 aliphatic rings. The van der Waals surface area contributed by atoms with Gasteiger partial charge in [0.25, 0.3) is 0 Å². The van der Waals surface area contributed by atoms with Gasteiger partial charge in [-0.15, -0.1) is 24.8 Å². The minimum Gasteiger partial charge on any atom is -0.390 e. The first-order valence-corrected chi connectivity index (χ1v) is 4.71. The molecule has 0 bridgehead atoms. The second kappa shape index (κ2) is 6.82. The van der Waals surface area contributed by atoms with Crippen LogP contribution in [0.5, 0.6) is 0 Å². The molecule has 4 nitrogen and oxygen atoms in total. The first-order chi connectivity index (χ1) is 5.88. The topological polar surface area (TPSA) is 47.5 Å². The SMILES string of the molecule is Cl.Cl.O[C@@H]1CNC[C@H]1N1CCNCC1. The molecule has 0 saturated carbocycles. The largest absolute Gasteiger partial charge is 0.390 e. The lowest BCUT2D eigenvalue weighted by atomic mass is 10.1. The Morgan fingerprint density at radius 3 is 2.14 bits per heavy atom. The fourth-order valence-corrected chi connectivity index (χ4v) is 2.04. The molecule has 2 saturated heterocycles. The van der Waals surface area contributed by atoms with E-state index in [1.54, 1.807) is 0 Å². The van der Waals surface area contributed by atoms with E-state index in [0.717, 1.165) is 39.3 Å². The standard InChI is InChI=1S/C8H17N3O.2ClH/c12-8-6-10-5-7(8)11-3-1-9-2-4-11;;/h7-10,12H,1-6H2;2*1H/t7-,8-;;/m1../s1. The van der Waals surface area contributed by atoms with Crippen molar-refractivity contribution in [1.29, 1.82) is 0 Å². The van der Waals surface area contributed by atoms with Crippen LogP contribution in [0.4, 0.5) is 0 Å². The van der Waals surface area contributed by atoms with Gasteiger partial charge in [0.2, 0.25) is 0 Å². The van der Waals surface area contributed by atoms with Crippen LogP contribution in [0.15, 0.2) is 0 Å². The van der Waals surface area contributed by atoms with Crippen molar-refractivity contribution in [2.75, 3.05) is 39.3 Å². The maximum atomic E-state index is 9.62. The zero-order chi connectivity index (χ0) is 8.39. The van der Waals surface area contributed by atoms with E-state index in [4.69, 9.17) is 0 Å². The Kier molecular flexibility index (Phi) is 7.03. The highest BCUT2D eigenvalue weighted by Gasteiger charge is 2.30. The second-order valence-corrected chi connectivity index (χ2v) is 3.58. The number of hydrogen-bond donors (Lipinski definition) is 3. The van der Waals surface area contributed by atoms with E-state index in [-0.39, 0.29) is 30.9 Å². The summed E-state index contributed by atoms with van der Waals surface area (Å²) in [7, 11) is 0. The summed E-state index contributed by atoms with van der Waals surface area (Å²) in [5.74, 6) is 0. The highest BCUT2D eigenvalue weighted by molar-refractivity contribution is 5.85. The summed E-state index contributed by atoms with van der Waals surface area (Å²) in [6.45, 7) is 5.97. The van der Waals surface area contributed by atoms with E-state index in [0.29, 0.717) is 6.04 Å². The smallest absolute Gasteiger partial charge is 0.0831 e. The van der Waals surface area contributed by atoms with Crippen molar-refractivity contribution in [3.63, 3.8) is 0 Å². The van der Waals surface area contributed by atoms with Crippen LogP contribution < -0.4 is 10.6 Å². The van der Waals surface area contributed by atoms with Crippen molar-refractivity contribution < 1.29 is 5.11 Å². The highest BCUT2D eigenvalue weighted by atomic mass is 35.5. The molecule has 0 amide bonds. The molecule has 0 unspecified atom stereocenters. The second-order valence-electron chi connectivity index (χ2n) is 3.58. The molecule has 0 radical (unpaired) electrons. The molecule has 2 heterocycles. The average Bonchev–Trinajstić information content (AvgIpc) is 2.53. The number of aliphatic hydroxyl groups excluding tert-OH is 1. The Morgan fingerprint density at radius 2 is 1.64 bits per heavy atom. The number of rotatable bonds is 1. The number of halogens is 2. The van der Waals surface area contributed by atoms with Crippen molar-refractivity contribution in [2.45, 2.75) is 12.1 Å². The number of nitrogens with zero attached hydrogens (tertiary/aromatic N) is 1. The molecule has 2 fully saturated rings. The lowest BCUT2D eigenvalue weighted by molar-refractivity contribution is 0.0750. The molecule has 0 aromatic carbocycles. The predicted molar refractivity (Wildman–Crippen MR) is 61.6 cm³/mol. The van der Waals surface area contributed by atoms with Crippen LogP contribution in [0.25, 0.3) is 0 Å². The van der Waals surface area contributed by atoms with Gasteiger partial charge in [0.1, 0.15) is 0 Å². The van der Waals surface area contributed by atoms with Crippen molar-refractivity contribution in [1.82, 2.24) is 15.5 Å². The molecule has 2 atom stereocenters. The molecule has 0 spiro atoms. The van der Waals surface area contributed by atoms with Gasteiger partial charge < -0.3 is 15.7 Å². The van der Waals surface area contributed by atoms with Crippen molar-refractivity contribution in [3.05, 3.63) is 0 Å². The first kappa shape index (κ1) is 14.4. The van der Waals surface area contributed by atoms with E-state index >= 15 is 0 Å². The van der Waals surface area contributed by atoms with Crippen LogP contribution in [-0.2, 0) is 0 Å². The van der Waals surface area contributed by atoms with Gasteiger partial charge in [0.15, 0.2) is 0 Å². The number of piperazine rings is 1. The number of aliphatic hydroxyl groups is 1. The lowest BCUT2D eigenvalue weighted by Crippen LogP contribution is -2.52. The van der Waals surface area contributed by atoms with Crippen LogP contribution in [-0.4, -0.2) is 61.4 Å². The Bertz CT molecular complexity index is 156. The normalized spacial score (nSPS) is 33.2. The minimum absolute atomic E-state index is 0. The molecule has 14 heavy (non-hydrogen) atoms. The molecule has 0 aromatic rings. The fraction of sp³-hybridized carbons (Fsp3) is 1.00. The van der Waals surface area contributed by atoms with Gasteiger partial charge in [-0.2, -0.15) is 0 Å². The van der Waals surface area contributed by atoms with Gasteiger partial charge in [0, 0.05) is 45.3 Å². The predicted octanol–water partition coefficient (Wildman–Crippen LogP) is -0.932. The quantitative estimate of drug-likeness (QED) is 0.557. The zero-order valence-electron chi connectivity index (χ0n) is 8.11. The molecule has 86 valence electrons. The van der Waals surface area contributed by atoms with Crippen LogP contribution >= 0.6 is 24.8 Å². The molecule has 0 aliphatic carbocycles. The fourth-order valence-electron chi connectivity index (χ4n) is 2.04. The summed E-state index contributed by atoms with van der Waals surface area (Å²) >= 11 is 0. The minimum atomic E-state index is -0.164. The van der Waals surface area contributed by atoms with Crippen molar-refractivity contribution in [3.8, 4) is 0 Å². The summed E-state index contributed by atoms with van der Waals surface area (Å²) in [5, 5.41) is 16.1. The van der Waals surface area contributed by atoms with Crippen LogP contribution in [0.3, 0.4) is 0 Å². The van der Waals surface area contributed by atoms with Crippen LogP contribution in [0, 0.1) is 0 Å². The van der Waals surface area contributed by atoms with E-state index in [2.05, 4.69) is 15.5 Å². The van der Waals surface area contributed by atoms with Gasteiger partial charge in [-0.25, -0.2) is 0 Å². The monoisotopic (exact) mass is 243 g/mol. The molecule has 2 rings (SSSR count). The van der Waals surface area contributed by atoms with Gasteiger partial charge in [0.05, 0.1) is 6.10 Å². The average molecular weight is 244 g/mol. The summed E-state index contributed by atoms with van der Waals surface area (Å²) in [6, 6.07) is 0.354. The van der Waals surface area contributed by atoms with E-state index in [1.807, 2.05) is 0 Å². The van der Waals surface area contributed by atoms with Crippen LogP contribution in [0.2, 0.25) is 0 Å². The third-order valence-electron chi connectivity index (χ3n) is 2.77. The maximum absolute atomic E-state index is 9.62. The Morgan fingerprint density at radius 1 is 1.00 bits per heavy atom. The van der Waals surface area contributed by atoms with Crippen molar-refractivity contribution >= 4 is 24.8 Å². The summed E-state index contributed by atoms with van der Waals surface area (Å²) in [6.07, 6.45) is -0.164. The van der Waals surface area contributed by atoms with E-state index < -0.39 is 0 Å². The maximum Gasteiger partial charge on any atom is 0.0831 e.